The molecule has 1 N–H and O–H groups in total. The molecular formula is C19H22N2O4. The van der Waals surface area contributed by atoms with Gasteiger partial charge in [-0.1, -0.05) is 12.1 Å². The van der Waals surface area contributed by atoms with Gasteiger partial charge in [-0.3, -0.25) is 9.59 Å². The number of hydrogen-bond acceptors (Lipinski definition) is 4. The lowest BCUT2D eigenvalue weighted by Gasteiger charge is -2.47. The van der Waals surface area contributed by atoms with Gasteiger partial charge in [-0.25, -0.2) is 0 Å². The van der Waals surface area contributed by atoms with Crippen LogP contribution in [-0.4, -0.2) is 42.9 Å². The summed E-state index contributed by atoms with van der Waals surface area (Å²) < 4.78 is 12.8. The Morgan fingerprint density at radius 2 is 2.20 bits per heavy atom. The number of nitrogens with one attached hydrogen (secondary N) is 1. The SMILES string of the molecule is COC[C@@H]1[C@H](NC(=O)Cn2ccc(=O)c3ccccc32)[C@@H]2CCO[C@H]12. The number of rotatable bonds is 5. The first-order valence-corrected chi connectivity index (χ1v) is 8.67. The van der Waals surface area contributed by atoms with Crippen LogP contribution < -0.4 is 10.7 Å². The number of ether oxygens (including phenoxy) is 2. The number of carbonyl (C=O) groups excluding carboxylic acids is 1. The monoisotopic (exact) mass is 342 g/mol. The van der Waals surface area contributed by atoms with Gasteiger partial charge in [0.05, 0.1) is 18.2 Å². The third kappa shape index (κ3) is 2.85. The highest BCUT2D eigenvalue weighted by atomic mass is 16.5. The van der Waals surface area contributed by atoms with Crippen molar-refractivity contribution in [3.05, 3.63) is 46.8 Å². The molecule has 0 radical (unpaired) electrons. The molecule has 132 valence electrons. The van der Waals surface area contributed by atoms with Crippen LogP contribution in [0.4, 0.5) is 0 Å². The summed E-state index contributed by atoms with van der Waals surface area (Å²) in [6.07, 6.45) is 2.87. The van der Waals surface area contributed by atoms with E-state index in [1.54, 1.807) is 19.4 Å². The average Bonchev–Trinajstić information content (AvgIpc) is 3.05. The third-order valence-corrected chi connectivity index (χ3v) is 5.41. The van der Waals surface area contributed by atoms with Gasteiger partial charge in [-0.05, 0) is 18.6 Å². The molecule has 0 bridgehead atoms. The number of aromatic nitrogens is 1. The smallest absolute Gasteiger partial charge is 0.240 e. The minimum absolute atomic E-state index is 0.0302. The lowest BCUT2D eigenvalue weighted by atomic mass is 9.67. The van der Waals surface area contributed by atoms with Crippen LogP contribution in [0.3, 0.4) is 0 Å². The minimum atomic E-state index is -0.0507. The molecule has 1 aromatic carbocycles. The van der Waals surface area contributed by atoms with E-state index in [0.29, 0.717) is 17.9 Å². The van der Waals surface area contributed by atoms with Crippen molar-refractivity contribution < 1.29 is 14.3 Å². The van der Waals surface area contributed by atoms with Crippen LogP contribution in [-0.2, 0) is 20.8 Å². The van der Waals surface area contributed by atoms with Gasteiger partial charge >= 0.3 is 0 Å². The summed E-state index contributed by atoms with van der Waals surface area (Å²) in [7, 11) is 1.67. The molecule has 2 aromatic rings. The van der Waals surface area contributed by atoms with E-state index in [1.807, 2.05) is 22.8 Å². The predicted molar refractivity (Wildman–Crippen MR) is 93.4 cm³/mol. The van der Waals surface area contributed by atoms with Crippen molar-refractivity contribution in [1.82, 2.24) is 9.88 Å². The number of hydrogen-bond donors (Lipinski definition) is 1. The van der Waals surface area contributed by atoms with Crippen LogP contribution in [0.1, 0.15) is 6.42 Å². The van der Waals surface area contributed by atoms with E-state index < -0.39 is 0 Å². The number of para-hydroxylation sites is 1. The lowest BCUT2D eigenvalue weighted by Crippen LogP contribution is -2.63. The molecule has 4 rings (SSSR count). The Hall–Kier alpha value is -2.18. The number of carbonyl (C=O) groups is 1. The van der Waals surface area contributed by atoms with E-state index in [2.05, 4.69) is 5.32 Å². The van der Waals surface area contributed by atoms with Crippen molar-refractivity contribution in [2.24, 2.45) is 11.8 Å². The highest BCUT2D eigenvalue weighted by molar-refractivity contribution is 5.82. The summed E-state index contributed by atoms with van der Waals surface area (Å²) in [6.45, 7) is 1.54. The normalized spacial score (nSPS) is 27.7. The lowest BCUT2D eigenvalue weighted by molar-refractivity contribution is -0.130. The molecule has 1 saturated carbocycles. The van der Waals surface area contributed by atoms with Gasteiger partial charge in [0.1, 0.15) is 6.54 Å². The summed E-state index contributed by atoms with van der Waals surface area (Å²) in [5, 5.41) is 3.78. The Kier molecular flexibility index (Phi) is 4.31. The molecule has 1 aliphatic heterocycles. The molecular weight excluding hydrogens is 320 g/mol. The van der Waals surface area contributed by atoms with Gasteiger partial charge in [0.2, 0.25) is 5.91 Å². The maximum atomic E-state index is 12.6. The standard InChI is InChI=1S/C19H22N2O4/c1-24-11-14-18(13-7-9-25-19(13)14)20-17(23)10-21-8-6-16(22)12-4-2-3-5-15(12)21/h2-6,8,13-14,18-19H,7,9-11H2,1H3,(H,20,23)/t13-,14+,18+,19-/m0/s1. The molecule has 2 aliphatic rings. The number of fused-ring (bicyclic) bond motifs is 2. The average molecular weight is 342 g/mol. The predicted octanol–water partition coefficient (Wildman–Crippen LogP) is 1.17. The van der Waals surface area contributed by atoms with Crippen LogP contribution in [0.15, 0.2) is 41.3 Å². The molecule has 6 heteroatoms. The largest absolute Gasteiger partial charge is 0.384 e. The summed E-state index contributed by atoms with van der Waals surface area (Å²) in [6, 6.07) is 8.96. The fourth-order valence-corrected chi connectivity index (χ4v) is 4.22. The van der Waals surface area contributed by atoms with Crippen molar-refractivity contribution in [2.75, 3.05) is 20.3 Å². The fourth-order valence-electron chi connectivity index (χ4n) is 4.22. The zero-order chi connectivity index (χ0) is 17.4. The van der Waals surface area contributed by atoms with Crippen molar-refractivity contribution in [3.8, 4) is 0 Å². The second-order valence-electron chi connectivity index (χ2n) is 6.83. The van der Waals surface area contributed by atoms with E-state index in [1.165, 1.54) is 6.07 Å². The first-order chi connectivity index (χ1) is 12.2. The third-order valence-electron chi connectivity index (χ3n) is 5.41. The summed E-state index contributed by atoms with van der Waals surface area (Å²) in [4.78, 5) is 24.5. The van der Waals surface area contributed by atoms with Gasteiger partial charge in [0.25, 0.3) is 0 Å². The molecule has 1 aromatic heterocycles. The quantitative estimate of drug-likeness (QED) is 0.885. The molecule has 1 amide bonds. The van der Waals surface area contributed by atoms with Crippen molar-refractivity contribution >= 4 is 16.8 Å². The summed E-state index contributed by atoms with van der Waals surface area (Å²) in [5.74, 6) is 0.548. The highest BCUT2D eigenvalue weighted by Crippen LogP contribution is 2.43. The first kappa shape index (κ1) is 16.3. The molecule has 1 saturated heterocycles. The highest BCUT2D eigenvalue weighted by Gasteiger charge is 2.54. The zero-order valence-electron chi connectivity index (χ0n) is 14.2. The number of pyridine rings is 1. The molecule has 2 fully saturated rings. The molecule has 25 heavy (non-hydrogen) atoms. The second-order valence-corrected chi connectivity index (χ2v) is 6.83. The molecule has 0 spiro atoms. The maximum Gasteiger partial charge on any atom is 0.240 e. The van der Waals surface area contributed by atoms with Gasteiger partial charge in [-0.15, -0.1) is 0 Å². The zero-order valence-corrected chi connectivity index (χ0v) is 14.2. The van der Waals surface area contributed by atoms with E-state index in [4.69, 9.17) is 9.47 Å². The Morgan fingerprint density at radius 1 is 1.36 bits per heavy atom. The number of amides is 1. The van der Waals surface area contributed by atoms with E-state index in [0.717, 1.165) is 18.5 Å². The van der Waals surface area contributed by atoms with Crippen LogP contribution in [0.5, 0.6) is 0 Å². The van der Waals surface area contributed by atoms with Gasteiger partial charge < -0.3 is 19.4 Å². The van der Waals surface area contributed by atoms with Crippen molar-refractivity contribution in [2.45, 2.75) is 25.1 Å². The van der Waals surface area contributed by atoms with Crippen LogP contribution in [0.2, 0.25) is 0 Å². The molecule has 1 aliphatic carbocycles. The van der Waals surface area contributed by atoms with Crippen molar-refractivity contribution in [3.63, 3.8) is 0 Å². The van der Waals surface area contributed by atoms with Gasteiger partial charge in [0.15, 0.2) is 5.43 Å². The Morgan fingerprint density at radius 3 is 3.04 bits per heavy atom. The Balaban J connectivity index is 1.49. The van der Waals surface area contributed by atoms with E-state index in [9.17, 15) is 9.59 Å². The van der Waals surface area contributed by atoms with Gasteiger partial charge in [-0.2, -0.15) is 0 Å². The Bertz CT molecular complexity index is 847. The van der Waals surface area contributed by atoms with Crippen LogP contribution in [0.25, 0.3) is 10.9 Å². The maximum absolute atomic E-state index is 12.6. The second kappa shape index (κ2) is 6.61. The van der Waals surface area contributed by atoms with E-state index >= 15 is 0 Å². The van der Waals surface area contributed by atoms with Crippen LogP contribution in [0, 0.1) is 11.8 Å². The number of nitrogens with zero attached hydrogens (tertiary/aromatic N) is 1. The van der Waals surface area contributed by atoms with E-state index in [-0.39, 0.29) is 35.9 Å². The van der Waals surface area contributed by atoms with Crippen LogP contribution >= 0.6 is 0 Å². The number of methoxy groups -OCH3 is 1. The first-order valence-electron chi connectivity index (χ1n) is 8.67. The molecule has 0 unspecified atom stereocenters. The Labute approximate surface area is 145 Å². The number of benzene rings is 1. The minimum Gasteiger partial charge on any atom is -0.384 e. The fraction of sp³-hybridized carbons (Fsp3) is 0.474. The van der Waals surface area contributed by atoms with Crippen molar-refractivity contribution in [1.29, 1.82) is 0 Å². The summed E-state index contributed by atoms with van der Waals surface area (Å²) in [5.41, 5.74) is 0.742. The summed E-state index contributed by atoms with van der Waals surface area (Å²) >= 11 is 0. The molecule has 2 heterocycles. The molecule has 4 atom stereocenters. The van der Waals surface area contributed by atoms with Gasteiger partial charge in [0, 0.05) is 49.2 Å². The topological polar surface area (TPSA) is 69.6 Å². The molecule has 6 nitrogen and oxygen atoms in total.